The first kappa shape index (κ1) is 15.0. The van der Waals surface area contributed by atoms with Crippen LogP contribution in [0.5, 0.6) is 0 Å². The van der Waals surface area contributed by atoms with Gasteiger partial charge in [-0.25, -0.2) is 13.6 Å². The number of rotatable bonds is 5. The van der Waals surface area contributed by atoms with E-state index in [-0.39, 0.29) is 17.1 Å². The van der Waals surface area contributed by atoms with E-state index >= 15 is 0 Å². The van der Waals surface area contributed by atoms with Crippen molar-refractivity contribution < 1.29 is 18.7 Å². The van der Waals surface area contributed by atoms with Crippen molar-refractivity contribution >= 4 is 11.7 Å². The molecule has 0 aliphatic heterocycles. The first-order valence-electron chi connectivity index (χ1n) is 6.49. The summed E-state index contributed by atoms with van der Waals surface area (Å²) in [6, 6.07) is 8.28. The Morgan fingerprint density at radius 2 is 1.95 bits per heavy atom. The monoisotopic (exact) mass is 291 g/mol. The average molecular weight is 291 g/mol. The molecule has 3 nitrogen and oxygen atoms in total. The number of hydrogen-bond donors (Lipinski definition) is 2. The zero-order valence-electron chi connectivity index (χ0n) is 11.5. The standard InChI is InChI=1S/C16H15F2NO2/c1-10-8-13(17)4-2-11(10)6-7-19-15-5-3-12(16(20)21)9-14(15)18/h2-5,8-9,19H,6-7H2,1H3,(H,20,21). The quantitative estimate of drug-likeness (QED) is 0.884. The minimum absolute atomic E-state index is 0.0903. The van der Waals surface area contributed by atoms with Crippen LogP contribution in [0.25, 0.3) is 0 Å². The lowest BCUT2D eigenvalue weighted by molar-refractivity contribution is 0.0696. The van der Waals surface area contributed by atoms with Crippen LogP contribution in [0.4, 0.5) is 14.5 Å². The van der Waals surface area contributed by atoms with E-state index in [0.29, 0.717) is 13.0 Å². The highest BCUT2D eigenvalue weighted by molar-refractivity contribution is 5.88. The van der Waals surface area contributed by atoms with Crippen LogP contribution in [0, 0.1) is 18.6 Å². The molecule has 0 amide bonds. The van der Waals surface area contributed by atoms with Gasteiger partial charge in [-0.2, -0.15) is 0 Å². The molecule has 0 aliphatic rings. The van der Waals surface area contributed by atoms with Gasteiger partial charge < -0.3 is 10.4 Å². The van der Waals surface area contributed by atoms with E-state index in [1.165, 1.54) is 24.3 Å². The molecule has 21 heavy (non-hydrogen) atoms. The number of halogens is 2. The lowest BCUT2D eigenvalue weighted by atomic mass is 10.1. The van der Waals surface area contributed by atoms with Gasteiger partial charge in [0.25, 0.3) is 0 Å². The van der Waals surface area contributed by atoms with Gasteiger partial charge >= 0.3 is 5.97 Å². The smallest absolute Gasteiger partial charge is 0.335 e. The summed E-state index contributed by atoms with van der Waals surface area (Å²) < 4.78 is 26.7. The van der Waals surface area contributed by atoms with Gasteiger partial charge in [0.2, 0.25) is 0 Å². The van der Waals surface area contributed by atoms with Crippen molar-refractivity contribution in [3.8, 4) is 0 Å². The van der Waals surface area contributed by atoms with Crippen LogP contribution in [0.15, 0.2) is 36.4 Å². The summed E-state index contributed by atoms with van der Waals surface area (Å²) in [4.78, 5) is 10.7. The van der Waals surface area contributed by atoms with E-state index in [4.69, 9.17) is 5.11 Å². The summed E-state index contributed by atoms with van der Waals surface area (Å²) in [5.41, 5.74) is 1.98. The highest BCUT2D eigenvalue weighted by atomic mass is 19.1. The topological polar surface area (TPSA) is 49.3 Å². The summed E-state index contributed by atoms with van der Waals surface area (Å²) in [6.45, 7) is 2.29. The number of carboxylic acid groups (broad SMARTS) is 1. The SMILES string of the molecule is Cc1cc(F)ccc1CCNc1ccc(C(=O)O)cc1F. The molecule has 2 aromatic carbocycles. The lowest BCUT2D eigenvalue weighted by Crippen LogP contribution is -2.08. The molecule has 0 radical (unpaired) electrons. The van der Waals surface area contributed by atoms with E-state index in [1.807, 2.05) is 6.92 Å². The summed E-state index contributed by atoms with van der Waals surface area (Å²) in [5.74, 6) is -2.05. The molecule has 2 N–H and O–H groups in total. The summed E-state index contributed by atoms with van der Waals surface area (Å²) >= 11 is 0. The third kappa shape index (κ3) is 3.78. The average Bonchev–Trinajstić information content (AvgIpc) is 2.42. The van der Waals surface area contributed by atoms with E-state index < -0.39 is 11.8 Å². The van der Waals surface area contributed by atoms with Crippen molar-refractivity contribution in [3.63, 3.8) is 0 Å². The molecular weight excluding hydrogens is 276 g/mol. The Balaban J connectivity index is 1.99. The van der Waals surface area contributed by atoms with Crippen molar-refractivity contribution in [2.24, 2.45) is 0 Å². The Morgan fingerprint density at radius 1 is 1.19 bits per heavy atom. The molecule has 2 aromatic rings. The molecule has 0 atom stereocenters. The number of carboxylic acids is 1. The summed E-state index contributed by atoms with van der Waals surface area (Å²) in [7, 11) is 0. The second-order valence-electron chi connectivity index (χ2n) is 4.75. The number of hydrogen-bond acceptors (Lipinski definition) is 2. The molecule has 5 heteroatoms. The number of benzene rings is 2. The minimum Gasteiger partial charge on any atom is -0.478 e. The van der Waals surface area contributed by atoms with E-state index in [2.05, 4.69) is 5.32 Å². The number of carbonyl (C=O) groups is 1. The molecule has 2 rings (SSSR count). The van der Waals surface area contributed by atoms with E-state index in [0.717, 1.165) is 17.2 Å². The van der Waals surface area contributed by atoms with Gasteiger partial charge in [0, 0.05) is 6.54 Å². The zero-order chi connectivity index (χ0) is 15.4. The minimum atomic E-state index is -1.16. The van der Waals surface area contributed by atoms with Crippen molar-refractivity contribution in [2.75, 3.05) is 11.9 Å². The highest BCUT2D eigenvalue weighted by Crippen LogP contribution is 2.16. The molecule has 0 saturated carbocycles. The Bertz CT molecular complexity index is 671. The van der Waals surface area contributed by atoms with Crippen LogP contribution < -0.4 is 5.32 Å². The van der Waals surface area contributed by atoms with E-state index in [9.17, 15) is 13.6 Å². The van der Waals surface area contributed by atoms with Crippen LogP contribution in [-0.2, 0) is 6.42 Å². The number of aryl methyl sites for hydroxylation is 1. The Kier molecular flexibility index (Phi) is 4.52. The summed E-state index contributed by atoms with van der Waals surface area (Å²) in [5, 5.41) is 11.7. The van der Waals surface area contributed by atoms with Gasteiger partial charge in [-0.3, -0.25) is 0 Å². The maximum atomic E-state index is 13.7. The second kappa shape index (κ2) is 6.35. The summed E-state index contributed by atoms with van der Waals surface area (Å²) in [6.07, 6.45) is 0.617. The third-order valence-corrected chi connectivity index (χ3v) is 3.23. The second-order valence-corrected chi connectivity index (χ2v) is 4.75. The normalized spacial score (nSPS) is 10.4. The first-order chi connectivity index (χ1) is 9.97. The molecule has 0 unspecified atom stereocenters. The highest BCUT2D eigenvalue weighted by Gasteiger charge is 2.08. The third-order valence-electron chi connectivity index (χ3n) is 3.23. The molecular formula is C16H15F2NO2. The fourth-order valence-electron chi connectivity index (χ4n) is 2.06. The lowest BCUT2D eigenvalue weighted by Gasteiger charge is -2.10. The number of anilines is 1. The van der Waals surface area contributed by atoms with Crippen LogP contribution in [0.1, 0.15) is 21.5 Å². The van der Waals surface area contributed by atoms with Gasteiger partial charge in [0.05, 0.1) is 11.3 Å². The fourth-order valence-corrected chi connectivity index (χ4v) is 2.06. The van der Waals surface area contributed by atoms with Crippen LogP contribution in [0.2, 0.25) is 0 Å². The van der Waals surface area contributed by atoms with Crippen LogP contribution in [-0.4, -0.2) is 17.6 Å². The largest absolute Gasteiger partial charge is 0.478 e. The Labute approximate surface area is 121 Å². The maximum Gasteiger partial charge on any atom is 0.335 e. The molecule has 0 aromatic heterocycles. The predicted octanol–water partition coefficient (Wildman–Crippen LogP) is 3.63. The molecule has 0 heterocycles. The molecule has 0 spiro atoms. The predicted molar refractivity (Wildman–Crippen MR) is 76.7 cm³/mol. The Morgan fingerprint density at radius 3 is 2.57 bits per heavy atom. The fraction of sp³-hybridized carbons (Fsp3) is 0.188. The number of aromatic carboxylic acids is 1. The molecule has 110 valence electrons. The van der Waals surface area contributed by atoms with Crippen molar-refractivity contribution in [3.05, 3.63) is 64.7 Å². The molecule has 0 fully saturated rings. The maximum absolute atomic E-state index is 13.7. The van der Waals surface area contributed by atoms with E-state index in [1.54, 1.807) is 6.07 Å². The Hall–Kier alpha value is -2.43. The van der Waals surface area contributed by atoms with Gasteiger partial charge in [-0.15, -0.1) is 0 Å². The molecule has 0 aliphatic carbocycles. The van der Waals surface area contributed by atoms with Gasteiger partial charge in [-0.05, 0) is 54.8 Å². The number of nitrogens with one attached hydrogen (secondary N) is 1. The first-order valence-corrected chi connectivity index (χ1v) is 6.49. The van der Waals surface area contributed by atoms with Gasteiger partial charge in [0.1, 0.15) is 11.6 Å². The van der Waals surface area contributed by atoms with Crippen LogP contribution in [0.3, 0.4) is 0 Å². The van der Waals surface area contributed by atoms with Crippen molar-refractivity contribution in [2.45, 2.75) is 13.3 Å². The molecule has 0 saturated heterocycles. The van der Waals surface area contributed by atoms with Gasteiger partial charge in [-0.1, -0.05) is 6.07 Å². The zero-order valence-corrected chi connectivity index (χ0v) is 11.5. The van der Waals surface area contributed by atoms with Crippen molar-refractivity contribution in [1.29, 1.82) is 0 Å². The van der Waals surface area contributed by atoms with Crippen molar-refractivity contribution in [1.82, 2.24) is 0 Å². The van der Waals surface area contributed by atoms with Gasteiger partial charge in [0.15, 0.2) is 0 Å². The molecule has 0 bridgehead atoms. The van der Waals surface area contributed by atoms with Crippen LogP contribution >= 0.6 is 0 Å².